The lowest BCUT2D eigenvalue weighted by molar-refractivity contribution is -0.150. The summed E-state index contributed by atoms with van der Waals surface area (Å²) in [5.74, 6) is -0.755. The van der Waals surface area contributed by atoms with Gasteiger partial charge in [0.15, 0.2) is 0 Å². The van der Waals surface area contributed by atoms with E-state index < -0.39 is 18.1 Å². The van der Waals surface area contributed by atoms with E-state index in [1.54, 1.807) is 24.3 Å². The van der Waals surface area contributed by atoms with Gasteiger partial charge < -0.3 is 15.3 Å². The first-order chi connectivity index (χ1) is 13.6. The fourth-order valence-corrected chi connectivity index (χ4v) is 4.03. The summed E-state index contributed by atoms with van der Waals surface area (Å²) >= 11 is 0. The van der Waals surface area contributed by atoms with Crippen molar-refractivity contribution in [3.8, 4) is 0 Å². The number of carbonyl (C=O) groups excluding carboxylic acids is 2. The summed E-state index contributed by atoms with van der Waals surface area (Å²) < 4.78 is 0. The van der Waals surface area contributed by atoms with Gasteiger partial charge in [-0.15, -0.1) is 5.06 Å². The van der Waals surface area contributed by atoms with Crippen molar-refractivity contribution in [3.05, 3.63) is 71.3 Å². The minimum Gasteiger partial charge on any atom is -0.392 e. The predicted octanol–water partition coefficient (Wildman–Crippen LogP) is 2.39. The quantitative estimate of drug-likeness (QED) is 0.852. The highest BCUT2D eigenvalue weighted by atomic mass is 16.7. The van der Waals surface area contributed by atoms with Crippen molar-refractivity contribution in [1.29, 1.82) is 0 Å². The number of β-amino-alcohol motifs (C(OH)–C–C–N with tert-alkyl or cyclic N) is 1. The van der Waals surface area contributed by atoms with Crippen LogP contribution in [0, 0.1) is 0 Å². The standard InChI is InChI=1S/C22H24N2O4/c25-17-13-20(24(14-17)28-22(27)16-8-2-1-3-9-16)21(26)23-19-12-6-10-15-7-4-5-11-18(15)19/h1-5,7-9,11,17,19-20,25H,6,10,12-14H2,(H,23,26)/t17-,19+,20-/m0/s1. The second kappa shape index (κ2) is 8.12. The molecule has 1 aliphatic heterocycles. The van der Waals surface area contributed by atoms with E-state index in [0.29, 0.717) is 5.56 Å². The van der Waals surface area contributed by atoms with Crippen LogP contribution in [0.3, 0.4) is 0 Å². The van der Waals surface area contributed by atoms with Gasteiger partial charge in [-0.2, -0.15) is 0 Å². The van der Waals surface area contributed by atoms with Crippen molar-refractivity contribution >= 4 is 11.9 Å². The molecule has 0 radical (unpaired) electrons. The van der Waals surface area contributed by atoms with Crippen LogP contribution in [0.2, 0.25) is 0 Å². The molecule has 0 spiro atoms. The normalized spacial score (nSPS) is 24.4. The zero-order valence-electron chi connectivity index (χ0n) is 15.6. The SMILES string of the molecule is O=C(ON1C[C@@H](O)C[C@H]1C(=O)N[C@@H]1CCCc2ccccc21)c1ccccc1. The van der Waals surface area contributed by atoms with E-state index >= 15 is 0 Å². The lowest BCUT2D eigenvalue weighted by Gasteiger charge is -2.29. The molecule has 1 fully saturated rings. The van der Waals surface area contributed by atoms with E-state index in [1.807, 2.05) is 18.2 Å². The summed E-state index contributed by atoms with van der Waals surface area (Å²) in [5.41, 5.74) is 2.82. The van der Waals surface area contributed by atoms with Crippen LogP contribution in [0.15, 0.2) is 54.6 Å². The minimum absolute atomic E-state index is 0.0538. The van der Waals surface area contributed by atoms with Gasteiger partial charge in [-0.1, -0.05) is 42.5 Å². The number of aliphatic hydroxyl groups is 1. The average Bonchev–Trinajstić information content (AvgIpc) is 3.09. The third-order valence-corrected chi connectivity index (χ3v) is 5.43. The van der Waals surface area contributed by atoms with Gasteiger partial charge in [0.2, 0.25) is 5.91 Å². The van der Waals surface area contributed by atoms with Crippen molar-refractivity contribution < 1.29 is 19.5 Å². The first kappa shape index (κ1) is 18.7. The molecule has 4 rings (SSSR count). The number of hydrogen-bond acceptors (Lipinski definition) is 5. The molecule has 0 bridgehead atoms. The first-order valence-electron chi connectivity index (χ1n) is 9.72. The smallest absolute Gasteiger partial charge is 0.357 e. The maximum absolute atomic E-state index is 12.9. The second-order valence-electron chi connectivity index (χ2n) is 7.40. The molecule has 1 heterocycles. The Morgan fingerprint density at radius 2 is 1.82 bits per heavy atom. The third-order valence-electron chi connectivity index (χ3n) is 5.43. The Labute approximate surface area is 164 Å². The number of aliphatic hydroxyl groups excluding tert-OH is 1. The number of nitrogens with one attached hydrogen (secondary N) is 1. The molecule has 1 aliphatic carbocycles. The van der Waals surface area contributed by atoms with Crippen LogP contribution < -0.4 is 5.32 Å². The van der Waals surface area contributed by atoms with Gasteiger partial charge in [-0.3, -0.25) is 4.79 Å². The van der Waals surface area contributed by atoms with Gasteiger partial charge in [0.25, 0.3) is 0 Å². The third kappa shape index (κ3) is 3.93. The highest BCUT2D eigenvalue weighted by molar-refractivity contribution is 5.89. The van der Waals surface area contributed by atoms with Crippen LogP contribution in [0.4, 0.5) is 0 Å². The fraction of sp³-hybridized carbons (Fsp3) is 0.364. The molecule has 0 saturated carbocycles. The second-order valence-corrected chi connectivity index (χ2v) is 7.40. The molecule has 2 aromatic carbocycles. The largest absolute Gasteiger partial charge is 0.392 e. The van der Waals surface area contributed by atoms with Crippen LogP contribution in [0.25, 0.3) is 0 Å². The molecule has 0 aromatic heterocycles. The van der Waals surface area contributed by atoms with Crippen LogP contribution >= 0.6 is 0 Å². The van der Waals surface area contributed by atoms with Gasteiger partial charge in [0.05, 0.1) is 24.3 Å². The van der Waals surface area contributed by atoms with E-state index in [1.165, 1.54) is 10.6 Å². The average molecular weight is 380 g/mol. The fourth-order valence-electron chi connectivity index (χ4n) is 4.03. The van der Waals surface area contributed by atoms with Crippen LogP contribution in [-0.2, 0) is 16.1 Å². The van der Waals surface area contributed by atoms with Gasteiger partial charge >= 0.3 is 5.97 Å². The zero-order valence-corrected chi connectivity index (χ0v) is 15.6. The van der Waals surface area contributed by atoms with Gasteiger partial charge in [-0.05, 0) is 42.5 Å². The molecular weight excluding hydrogens is 356 g/mol. The summed E-state index contributed by atoms with van der Waals surface area (Å²) in [6.45, 7) is 0.123. The predicted molar refractivity (Wildman–Crippen MR) is 103 cm³/mol. The zero-order chi connectivity index (χ0) is 19.5. The lowest BCUT2D eigenvalue weighted by Crippen LogP contribution is -2.45. The van der Waals surface area contributed by atoms with Gasteiger partial charge in [0.1, 0.15) is 6.04 Å². The van der Waals surface area contributed by atoms with E-state index in [-0.39, 0.29) is 24.9 Å². The van der Waals surface area contributed by atoms with Crippen LogP contribution in [0.1, 0.15) is 46.8 Å². The van der Waals surface area contributed by atoms with E-state index in [9.17, 15) is 14.7 Å². The number of carbonyl (C=O) groups is 2. The molecule has 2 aromatic rings. The number of nitrogens with zero attached hydrogens (tertiary/aromatic N) is 1. The molecule has 0 unspecified atom stereocenters. The van der Waals surface area contributed by atoms with Crippen molar-refractivity contribution in [2.45, 2.75) is 43.9 Å². The molecule has 146 valence electrons. The Morgan fingerprint density at radius 3 is 2.64 bits per heavy atom. The van der Waals surface area contributed by atoms with Crippen LogP contribution in [0.5, 0.6) is 0 Å². The molecule has 1 saturated heterocycles. The number of hydroxylamine groups is 2. The maximum atomic E-state index is 12.9. The summed E-state index contributed by atoms with van der Waals surface area (Å²) in [6, 6.07) is 16.0. The molecule has 2 aliphatic rings. The van der Waals surface area contributed by atoms with Gasteiger partial charge in [0, 0.05) is 6.42 Å². The summed E-state index contributed by atoms with van der Waals surface area (Å²) in [7, 11) is 0. The highest BCUT2D eigenvalue weighted by Crippen LogP contribution is 2.30. The van der Waals surface area contributed by atoms with Crippen molar-refractivity contribution in [2.75, 3.05) is 6.54 Å². The van der Waals surface area contributed by atoms with E-state index in [4.69, 9.17) is 4.84 Å². The number of rotatable bonds is 4. The highest BCUT2D eigenvalue weighted by Gasteiger charge is 2.40. The Morgan fingerprint density at radius 1 is 1.07 bits per heavy atom. The number of benzene rings is 2. The topological polar surface area (TPSA) is 78.9 Å². The van der Waals surface area contributed by atoms with E-state index in [0.717, 1.165) is 24.8 Å². The van der Waals surface area contributed by atoms with E-state index in [2.05, 4.69) is 17.4 Å². The Balaban J connectivity index is 1.45. The lowest BCUT2D eigenvalue weighted by atomic mass is 9.87. The number of hydrogen-bond donors (Lipinski definition) is 2. The monoisotopic (exact) mass is 380 g/mol. The van der Waals surface area contributed by atoms with Crippen LogP contribution in [-0.4, -0.2) is 40.7 Å². The Bertz CT molecular complexity index is 855. The number of amides is 1. The van der Waals surface area contributed by atoms with Gasteiger partial charge in [-0.25, -0.2) is 4.79 Å². The maximum Gasteiger partial charge on any atom is 0.357 e. The molecule has 1 amide bonds. The molecule has 6 nitrogen and oxygen atoms in total. The summed E-state index contributed by atoms with van der Waals surface area (Å²) in [6.07, 6.45) is 2.44. The molecular formula is C22H24N2O4. The Hall–Kier alpha value is -2.70. The molecule has 6 heteroatoms. The van der Waals surface area contributed by atoms with Crippen molar-refractivity contribution in [3.63, 3.8) is 0 Å². The Kier molecular flexibility index (Phi) is 5.41. The molecule has 28 heavy (non-hydrogen) atoms. The number of fused-ring (bicyclic) bond motifs is 1. The first-order valence-corrected chi connectivity index (χ1v) is 9.72. The number of aryl methyl sites for hydroxylation is 1. The minimum atomic E-state index is -0.710. The summed E-state index contributed by atoms with van der Waals surface area (Å²) in [5, 5.41) is 14.5. The summed E-state index contributed by atoms with van der Waals surface area (Å²) in [4.78, 5) is 30.7. The molecule has 3 atom stereocenters. The van der Waals surface area contributed by atoms with Crippen molar-refractivity contribution in [2.24, 2.45) is 0 Å². The van der Waals surface area contributed by atoms with Crippen molar-refractivity contribution in [1.82, 2.24) is 10.4 Å². The molecule has 2 N–H and O–H groups in total.